The number of benzene rings is 2. The number of hydrogen-bond donors (Lipinski definition) is 1. The Morgan fingerprint density at radius 1 is 0.895 bits per heavy atom. The quantitative estimate of drug-likeness (QED) is 0.772. The van der Waals surface area contributed by atoms with E-state index in [1.165, 1.54) is 21.9 Å². The average molecular weight is 248 g/mol. The Labute approximate surface area is 112 Å². The SMILES string of the molecule is NCC(c1cccnc1)c1ccc2ccccc2c1. The van der Waals surface area contributed by atoms with Crippen molar-refractivity contribution in [3.8, 4) is 0 Å². The highest BCUT2D eigenvalue weighted by molar-refractivity contribution is 5.83. The van der Waals surface area contributed by atoms with Crippen molar-refractivity contribution in [2.75, 3.05) is 6.54 Å². The van der Waals surface area contributed by atoms with Crippen LogP contribution in [0.25, 0.3) is 10.8 Å². The molecule has 0 saturated heterocycles. The second-order valence-electron chi connectivity index (χ2n) is 4.68. The van der Waals surface area contributed by atoms with Crippen LogP contribution in [0.2, 0.25) is 0 Å². The number of pyridine rings is 1. The molecule has 0 amide bonds. The molecule has 3 aromatic rings. The van der Waals surface area contributed by atoms with E-state index in [1.54, 1.807) is 6.20 Å². The normalized spacial score (nSPS) is 12.5. The molecule has 0 aliphatic heterocycles. The maximum atomic E-state index is 5.95. The maximum Gasteiger partial charge on any atom is 0.0306 e. The fourth-order valence-corrected chi connectivity index (χ4v) is 2.47. The van der Waals surface area contributed by atoms with Crippen LogP contribution in [0.3, 0.4) is 0 Å². The van der Waals surface area contributed by atoms with E-state index in [0.29, 0.717) is 6.54 Å². The van der Waals surface area contributed by atoms with E-state index >= 15 is 0 Å². The van der Waals surface area contributed by atoms with Gasteiger partial charge in [-0.05, 0) is 28.0 Å². The molecule has 2 heteroatoms. The molecule has 1 heterocycles. The first kappa shape index (κ1) is 11.9. The van der Waals surface area contributed by atoms with Gasteiger partial charge >= 0.3 is 0 Å². The largest absolute Gasteiger partial charge is 0.330 e. The fraction of sp³-hybridized carbons (Fsp3) is 0.118. The molecule has 0 spiro atoms. The second-order valence-corrected chi connectivity index (χ2v) is 4.68. The number of nitrogens with zero attached hydrogens (tertiary/aromatic N) is 1. The topological polar surface area (TPSA) is 38.9 Å². The minimum Gasteiger partial charge on any atom is -0.330 e. The third-order valence-corrected chi connectivity index (χ3v) is 3.50. The highest BCUT2D eigenvalue weighted by Gasteiger charge is 2.12. The summed E-state index contributed by atoms with van der Waals surface area (Å²) in [5, 5.41) is 2.51. The zero-order chi connectivity index (χ0) is 13.1. The van der Waals surface area contributed by atoms with Crippen LogP contribution < -0.4 is 5.73 Å². The predicted octanol–water partition coefficient (Wildman–Crippen LogP) is 3.33. The summed E-state index contributed by atoms with van der Waals surface area (Å²) >= 11 is 0. The molecule has 0 saturated carbocycles. The van der Waals surface area contributed by atoms with Gasteiger partial charge in [0.25, 0.3) is 0 Å². The summed E-state index contributed by atoms with van der Waals surface area (Å²) in [6, 6.07) is 19.0. The van der Waals surface area contributed by atoms with E-state index < -0.39 is 0 Å². The lowest BCUT2D eigenvalue weighted by Crippen LogP contribution is -2.13. The maximum absolute atomic E-state index is 5.95. The van der Waals surface area contributed by atoms with Crippen molar-refractivity contribution >= 4 is 10.8 Å². The van der Waals surface area contributed by atoms with Gasteiger partial charge in [0, 0.05) is 24.9 Å². The molecule has 2 aromatic carbocycles. The van der Waals surface area contributed by atoms with Gasteiger partial charge in [-0.25, -0.2) is 0 Å². The zero-order valence-electron chi connectivity index (χ0n) is 10.7. The van der Waals surface area contributed by atoms with E-state index in [0.717, 1.165) is 0 Å². The van der Waals surface area contributed by atoms with Gasteiger partial charge < -0.3 is 5.73 Å². The smallest absolute Gasteiger partial charge is 0.0306 e. The molecular formula is C17H16N2. The first-order valence-electron chi connectivity index (χ1n) is 6.47. The summed E-state index contributed by atoms with van der Waals surface area (Å²) in [5.74, 6) is 0.207. The average Bonchev–Trinajstić information content (AvgIpc) is 2.49. The van der Waals surface area contributed by atoms with Gasteiger partial charge in [0.1, 0.15) is 0 Å². The van der Waals surface area contributed by atoms with Gasteiger partial charge in [-0.2, -0.15) is 0 Å². The van der Waals surface area contributed by atoms with Crippen molar-refractivity contribution in [1.82, 2.24) is 4.98 Å². The Morgan fingerprint density at radius 3 is 2.47 bits per heavy atom. The van der Waals surface area contributed by atoms with E-state index in [-0.39, 0.29) is 5.92 Å². The van der Waals surface area contributed by atoms with Gasteiger partial charge in [-0.3, -0.25) is 4.98 Å². The lowest BCUT2D eigenvalue weighted by atomic mass is 9.91. The predicted molar refractivity (Wildman–Crippen MR) is 79.1 cm³/mol. The Bertz CT molecular complexity index is 677. The summed E-state index contributed by atoms with van der Waals surface area (Å²) in [6.45, 7) is 0.587. The molecule has 3 rings (SSSR count). The molecule has 19 heavy (non-hydrogen) atoms. The molecule has 0 fully saturated rings. The molecule has 1 atom stereocenters. The highest BCUT2D eigenvalue weighted by atomic mass is 14.6. The number of hydrogen-bond acceptors (Lipinski definition) is 2. The lowest BCUT2D eigenvalue weighted by Gasteiger charge is -2.16. The van der Waals surface area contributed by atoms with E-state index in [9.17, 15) is 0 Å². The van der Waals surface area contributed by atoms with Gasteiger partial charge in [0.15, 0.2) is 0 Å². The Morgan fingerprint density at radius 2 is 1.74 bits per heavy atom. The Hall–Kier alpha value is -2.19. The van der Waals surface area contributed by atoms with Gasteiger partial charge in [-0.15, -0.1) is 0 Å². The first-order chi connectivity index (χ1) is 9.38. The van der Waals surface area contributed by atoms with Gasteiger partial charge in [0.2, 0.25) is 0 Å². The van der Waals surface area contributed by atoms with E-state index in [4.69, 9.17) is 5.73 Å². The number of aromatic nitrogens is 1. The molecule has 2 nitrogen and oxygen atoms in total. The summed E-state index contributed by atoms with van der Waals surface area (Å²) < 4.78 is 0. The van der Waals surface area contributed by atoms with Crippen LogP contribution in [0.1, 0.15) is 17.0 Å². The third kappa shape index (κ3) is 2.35. The molecule has 0 aliphatic carbocycles. The molecule has 0 bridgehead atoms. The van der Waals surface area contributed by atoms with Crippen LogP contribution in [0.15, 0.2) is 67.0 Å². The lowest BCUT2D eigenvalue weighted by molar-refractivity contribution is 0.815. The fourth-order valence-electron chi connectivity index (χ4n) is 2.47. The number of nitrogens with two attached hydrogens (primary N) is 1. The van der Waals surface area contributed by atoms with Crippen LogP contribution in [0.5, 0.6) is 0 Å². The Balaban J connectivity index is 2.06. The van der Waals surface area contributed by atoms with Crippen LogP contribution in [0.4, 0.5) is 0 Å². The minimum absolute atomic E-state index is 0.207. The zero-order valence-corrected chi connectivity index (χ0v) is 10.7. The first-order valence-corrected chi connectivity index (χ1v) is 6.47. The minimum atomic E-state index is 0.207. The van der Waals surface area contributed by atoms with Crippen molar-refractivity contribution in [3.63, 3.8) is 0 Å². The van der Waals surface area contributed by atoms with Crippen LogP contribution >= 0.6 is 0 Å². The van der Waals surface area contributed by atoms with Gasteiger partial charge in [-0.1, -0.05) is 48.5 Å². The number of fused-ring (bicyclic) bond motifs is 1. The summed E-state index contributed by atoms with van der Waals surface area (Å²) in [5.41, 5.74) is 8.36. The molecule has 0 aliphatic rings. The van der Waals surface area contributed by atoms with E-state index in [2.05, 4.69) is 53.5 Å². The van der Waals surface area contributed by atoms with Crippen molar-refractivity contribution in [2.24, 2.45) is 5.73 Å². The third-order valence-electron chi connectivity index (χ3n) is 3.50. The van der Waals surface area contributed by atoms with Crippen molar-refractivity contribution in [3.05, 3.63) is 78.1 Å². The molecule has 1 unspecified atom stereocenters. The molecule has 1 aromatic heterocycles. The molecule has 2 N–H and O–H groups in total. The standard InChI is InChI=1S/C17H16N2/c18-11-17(16-6-3-9-19-12-16)15-8-7-13-4-1-2-5-14(13)10-15/h1-10,12,17H,11,18H2. The highest BCUT2D eigenvalue weighted by Crippen LogP contribution is 2.26. The Kier molecular flexibility index (Phi) is 3.25. The summed E-state index contributed by atoms with van der Waals surface area (Å²) in [4.78, 5) is 4.19. The summed E-state index contributed by atoms with van der Waals surface area (Å²) in [6.07, 6.45) is 3.68. The molecule has 94 valence electrons. The van der Waals surface area contributed by atoms with Crippen molar-refractivity contribution < 1.29 is 0 Å². The van der Waals surface area contributed by atoms with E-state index in [1.807, 2.05) is 12.3 Å². The van der Waals surface area contributed by atoms with Crippen molar-refractivity contribution in [1.29, 1.82) is 0 Å². The van der Waals surface area contributed by atoms with Crippen LogP contribution in [-0.4, -0.2) is 11.5 Å². The number of rotatable bonds is 3. The second kappa shape index (κ2) is 5.21. The monoisotopic (exact) mass is 248 g/mol. The summed E-state index contributed by atoms with van der Waals surface area (Å²) in [7, 11) is 0. The molecular weight excluding hydrogens is 232 g/mol. The van der Waals surface area contributed by atoms with Crippen molar-refractivity contribution in [2.45, 2.75) is 5.92 Å². The van der Waals surface area contributed by atoms with Gasteiger partial charge in [0.05, 0.1) is 0 Å². The van der Waals surface area contributed by atoms with Crippen LogP contribution in [0, 0.1) is 0 Å². The molecule has 0 radical (unpaired) electrons. The van der Waals surface area contributed by atoms with Crippen LogP contribution in [-0.2, 0) is 0 Å².